The zero-order valence-electron chi connectivity index (χ0n) is 14.9. The lowest BCUT2D eigenvalue weighted by Gasteiger charge is -2.16. The smallest absolute Gasteiger partial charge is 0.352 e. The van der Waals surface area contributed by atoms with Gasteiger partial charge < -0.3 is 19.3 Å². The quantitative estimate of drug-likeness (QED) is 0.913. The maximum absolute atomic E-state index is 11.5. The Morgan fingerprint density at radius 2 is 2.12 bits per heavy atom. The minimum absolute atomic E-state index is 0.295. The van der Waals surface area contributed by atoms with Crippen molar-refractivity contribution in [3.8, 4) is 5.75 Å². The summed E-state index contributed by atoms with van der Waals surface area (Å²) in [5.74, 6) is 0.730. The van der Waals surface area contributed by atoms with Crippen LogP contribution < -0.4 is 4.74 Å². The number of hydrogen-bond acceptors (Lipinski definition) is 3. The Hall–Kier alpha value is -2.01. The zero-order chi connectivity index (χ0) is 17.4. The molecule has 1 atom stereocenters. The molecule has 5 nitrogen and oxygen atoms in total. The standard InChI is InChI=1S/C19H26N2O3/c1-12(2)14-5-6-17(24-11-13-7-8-20(3)10-13)18-15(14)9-16(19(22)23)21(18)4/h5-6,9,12-13H,7-8,10-11H2,1-4H3,(H,22,23). The van der Waals surface area contributed by atoms with Gasteiger partial charge in [0.25, 0.3) is 0 Å². The van der Waals surface area contributed by atoms with Gasteiger partial charge in [0.05, 0.1) is 12.1 Å². The largest absolute Gasteiger partial charge is 0.491 e. The summed E-state index contributed by atoms with van der Waals surface area (Å²) in [7, 11) is 3.93. The zero-order valence-corrected chi connectivity index (χ0v) is 14.9. The molecular weight excluding hydrogens is 304 g/mol. The van der Waals surface area contributed by atoms with E-state index in [4.69, 9.17) is 4.74 Å². The maximum Gasteiger partial charge on any atom is 0.352 e. The first-order chi connectivity index (χ1) is 11.4. The molecule has 5 heteroatoms. The summed E-state index contributed by atoms with van der Waals surface area (Å²) in [6, 6.07) is 5.82. The van der Waals surface area contributed by atoms with Crippen molar-refractivity contribution in [3.05, 3.63) is 29.5 Å². The van der Waals surface area contributed by atoms with Crippen LogP contribution in [0.2, 0.25) is 0 Å². The molecule has 1 aliphatic heterocycles. The monoisotopic (exact) mass is 330 g/mol. The molecule has 1 N–H and O–H groups in total. The first kappa shape index (κ1) is 16.8. The highest BCUT2D eigenvalue weighted by molar-refractivity contribution is 5.98. The second kappa shape index (κ2) is 6.48. The lowest BCUT2D eigenvalue weighted by Crippen LogP contribution is -2.18. The highest BCUT2D eigenvalue weighted by Gasteiger charge is 2.22. The van der Waals surface area contributed by atoms with Crippen LogP contribution in [0, 0.1) is 5.92 Å². The summed E-state index contributed by atoms with van der Waals surface area (Å²) >= 11 is 0. The molecule has 130 valence electrons. The number of aromatic nitrogens is 1. The van der Waals surface area contributed by atoms with Gasteiger partial charge in [-0.15, -0.1) is 0 Å². The maximum atomic E-state index is 11.5. The third-order valence-corrected chi connectivity index (χ3v) is 5.00. The van der Waals surface area contributed by atoms with Gasteiger partial charge in [0.2, 0.25) is 0 Å². The van der Waals surface area contributed by atoms with Gasteiger partial charge in [-0.25, -0.2) is 4.79 Å². The molecule has 2 aromatic rings. The van der Waals surface area contributed by atoms with Crippen molar-refractivity contribution in [2.75, 3.05) is 26.7 Å². The van der Waals surface area contributed by atoms with Gasteiger partial charge in [0.1, 0.15) is 11.4 Å². The Balaban J connectivity index is 1.98. The van der Waals surface area contributed by atoms with Crippen LogP contribution in [0.5, 0.6) is 5.75 Å². The molecule has 1 saturated heterocycles. The highest BCUT2D eigenvalue weighted by atomic mass is 16.5. The fourth-order valence-electron chi connectivity index (χ4n) is 3.65. The molecule has 1 aromatic heterocycles. The van der Waals surface area contributed by atoms with Crippen molar-refractivity contribution in [1.29, 1.82) is 0 Å². The Kier molecular flexibility index (Phi) is 4.54. The van der Waals surface area contributed by atoms with E-state index in [1.54, 1.807) is 17.7 Å². The van der Waals surface area contributed by atoms with E-state index in [2.05, 4.69) is 31.9 Å². The van der Waals surface area contributed by atoms with Crippen LogP contribution in [-0.4, -0.2) is 47.3 Å². The van der Waals surface area contributed by atoms with Gasteiger partial charge in [-0.1, -0.05) is 19.9 Å². The third-order valence-electron chi connectivity index (χ3n) is 5.00. The van der Waals surface area contributed by atoms with Crippen LogP contribution in [-0.2, 0) is 7.05 Å². The van der Waals surface area contributed by atoms with Crippen LogP contribution >= 0.6 is 0 Å². The summed E-state index contributed by atoms with van der Waals surface area (Å²) < 4.78 is 7.86. The van der Waals surface area contributed by atoms with Gasteiger partial charge in [0, 0.05) is 24.9 Å². The van der Waals surface area contributed by atoms with E-state index in [1.165, 1.54) is 0 Å². The van der Waals surface area contributed by atoms with Crippen molar-refractivity contribution in [3.63, 3.8) is 0 Å². The first-order valence-electron chi connectivity index (χ1n) is 8.55. The van der Waals surface area contributed by atoms with Crippen molar-refractivity contribution in [1.82, 2.24) is 9.47 Å². The molecule has 3 rings (SSSR count). The number of rotatable bonds is 5. The summed E-state index contributed by atoms with van der Waals surface area (Å²) in [5.41, 5.74) is 2.33. The van der Waals surface area contributed by atoms with E-state index < -0.39 is 5.97 Å². The molecule has 1 aromatic carbocycles. The van der Waals surface area contributed by atoms with Gasteiger partial charge >= 0.3 is 5.97 Å². The van der Waals surface area contributed by atoms with E-state index in [0.717, 1.165) is 41.7 Å². The number of hydrogen-bond donors (Lipinski definition) is 1. The van der Waals surface area contributed by atoms with Crippen LogP contribution in [0.25, 0.3) is 10.9 Å². The summed E-state index contributed by atoms with van der Waals surface area (Å²) in [6.07, 6.45) is 1.15. The van der Waals surface area contributed by atoms with Gasteiger partial charge in [-0.3, -0.25) is 0 Å². The van der Waals surface area contributed by atoms with E-state index in [1.807, 2.05) is 6.07 Å². The predicted octanol–water partition coefficient (Wildman–Crippen LogP) is 3.33. The normalized spacial score (nSPS) is 18.6. The van der Waals surface area contributed by atoms with Crippen LogP contribution in [0.3, 0.4) is 0 Å². The number of fused-ring (bicyclic) bond motifs is 1. The number of aryl methyl sites for hydroxylation is 1. The van der Waals surface area contributed by atoms with Crippen LogP contribution in [0.1, 0.15) is 42.2 Å². The van der Waals surface area contributed by atoms with Crippen LogP contribution in [0.4, 0.5) is 0 Å². The topological polar surface area (TPSA) is 54.7 Å². The Bertz CT molecular complexity index is 764. The molecule has 0 spiro atoms. The number of aromatic carboxylic acids is 1. The lowest BCUT2D eigenvalue weighted by atomic mass is 9.99. The Morgan fingerprint density at radius 3 is 2.71 bits per heavy atom. The van der Waals surface area contributed by atoms with Crippen molar-refractivity contribution in [2.45, 2.75) is 26.2 Å². The molecule has 1 aliphatic rings. The van der Waals surface area contributed by atoms with Crippen molar-refractivity contribution in [2.24, 2.45) is 13.0 Å². The van der Waals surface area contributed by atoms with E-state index in [9.17, 15) is 9.90 Å². The number of benzene rings is 1. The highest BCUT2D eigenvalue weighted by Crippen LogP contribution is 2.35. The molecule has 2 heterocycles. The summed E-state index contributed by atoms with van der Waals surface area (Å²) in [5, 5.41) is 10.4. The number of ether oxygens (including phenoxy) is 1. The number of carboxylic acid groups (broad SMARTS) is 1. The number of likely N-dealkylation sites (tertiary alicyclic amines) is 1. The Morgan fingerprint density at radius 1 is 1.38 bits per heavy atom. The van der Waals surface area contributed by atoms with Gasteiger partial charge in [0.15, 0.2) is 0 Å². The molecule has 1 fully saturated rings. The van der Waals surface area contributed by atoms with Gasteiger partial charge in [-0.2, -0.15) is 0 Å². The third kappa shape index (κ3) is 3.00. The second-order valence-corrected chi connectivity index (χ2v) is 7.19. The number of carbonyl (C=O) groups is 1. The lowest BCUT2D eigenvalue weighted by molar-refractivity contribution is 0.0687. The van der Waals surface area contributed by atoms with E-state index in [0.29, 0.717) is 24.1 Å². The SMILES string of the molecule is CC(C)c1ccc(OCC2CCN(C)C2)c2c1cc(C(=O)O)n2C. The van der Waals surface area contributed by atoms with E-state index >= 15 is 0 Å². The molecule has 1 unspecified atom stereocenters. The van der Waals surface area contributed by atoms with Crippen molar-refractivity contribution < 1.29 is 14.6 Å². The summed E-state index contributed by atoms with van der Waals surface area (Å²) in [6.45, 7) is 7.09. The Labute approximate surface area is 142 Å². The average Bonchev–Trinajstić information content (AvgIpc) is 3.09. The fourth-order valence-corrected chi connectivity index (χ4v) is 3.65. The van der Waals surface area contributed by atoms with E-state index in [-0.39, 0.29) is 0 Å². The predicted molar refractivity (Wildman–Crippen MR) is 95.1 cm³/mol. The minimum Gasteiger partial charge on any atom is -0.491 e. The molecular formula is C19H26N2O3. The molecule has 0 saturated carbocycles. The number of carboxylic acids is 1. The second-order valence-electron chi connectivity index (χ2n) is 7.19. The summed E-state index contributed by atoms with van der Waals surface area (Å²) in [4.78, 5) is 13.8. The average molecular weight is 330 g/mol. The molecule has 0 aliphatic carbocycles. The first-order valence-corrected chi connectivity index (χ1v) is 8.55. The molecule has 0 amide bonds. The number of nitrogens with zero attached hydrogens (tertiary/aromatic N) is 2. The fraction of sp³-hybridized carbons (Fsp3) is 0.526. The van der Waals surface area contributed by atoms with Gasteiger partial charge in [-0.05, 0) is 43.6 Å². The van der Waals surface area contributed by atoms with Crippen molar-refractivity contribution >= 4 is 16.9 Å². The molecule has 24 heavy (non-hydrogen) atoms. The van der Waals surface area contributed by atoms with Crippen LogP contribution in [0.15, 0.2) is 18.2 Å². The molecule has 0 radical (unpaired) electrons. The minimum atomic E-state index is -0.910. The molecule has 0 bridgehead atoms.